The van der Waals surface area contributed by atoms with Gasteiger partial charge in [0.05, 0.1) is 15.5 Å². The van der Waals surface area contributed by atoms with Crippen LogP contribution < -0.4 is 10.6 Å². The maximum absolute atomic E-state index is 12.1. The Kier molecular flexibility index (Phi) is 5.85. The number of thiocarbonyl (C=S) groups is 1. The van der Waals surface area contributed by atoms with Crippen molar-refractivity contribution in [1.82, 2.24) is 5.32 Å². The van der Waals surface area contributed by atoms with Crippen LogP contribution in [-0.4, -0.2) is 15.9 Å². The highest BCUT2D eigenvalue weighted by atomic mass is 127. The van der Waals surface area contributed by atoms with Gasteiger partial charge >= 0.3 is 0 Å². The van der Waals surface area contributed by atoms with Gasteiger partial charge < -0.3 is 5.32 Å². The van der Waals surface area contributed by atoms with Crippen molar-refractivity contribution in [3.63, 3.8) is 0 Å². The predicted octanol–water partition coefficient (Wildman–Crippen LogP) is 3.98. The number of nitrogens with one attached hydrogen (secondary N) is 2. The van der Waals surface area contributed by atoms with Crippen LogP contribution >= 0.6 is 46.4 Å². The molecule has 2 rings (SSSR count). The third kappa shape index (κ3) is 4.85. The van der Waals surface area contributed by atoms with E-state index in [-0.39, 0.29) is 21.4 Å². The predicted molar refractivity (Wildman–Crippen MR) is 101 cm³/mol. The molecular formula is C14H9ClIN3O3S. The number of non-ortho nitro benzene ring substituents is 1. The third-order valence-corrected chi connectivity index (χ3v) is 3.97. The molecule has 2 N–H and O–H groups in total. The maximum atomic E-state index is 12.1. The summed E-state index contributed by atoms with van der Waals surface area (Å²) in [4.78, 5) is 22.2. The van der Waals surface area contributed by atoms with Gasteiger partial charge in [0.25, 0.3) is 11.6 Å². The van der Waals surface area contributed by atoms with Crippen LogP contribution in [0.3, 0.4) is 0 Å². The molecule has 0 bridgehead atoms. The Morgan fingerprint density at radius 2 is 1.87 bits per heavy atom. The molecule has 9 heteroatoms. The molecule has 0 aliphatic carbocycles. The van der Waals surface area contributed by atoms with Gasteiger partial charge in [-0.05, 0) is 65.1 Å². The van der Waals surface area contributed by atoms with Gasteiger partial charge in [0.1, 0.15) is 0 Å². The first kappa shape index (κ1) is 17.6. The molecule has 0 heterocycles. The normalized spacial score (nSPS) is 10.0. The molecule has 0 atom stereocenters. The van der Waals surface area contributed by atoms with Gasteiger partial charge in [-0.2, -0.15) is 0 Å². The van der Waals surface area contributed by atoms with Crippen molar-refractivity contribution in [3.05, 3.63) is 66.7 Å². The first-order valence-corrected chi connectivity index (χ1v) is 8.05. The SMILES string of the molecule is O=C(NC(=S)Nc1ccc(I)cc1)c1ccc([N+](=O)[O-])cc1Cl. The van der Waals surface area contributed by atoms with Crippen molar-refractivity contribution in [1.29, 1.82) is 0 Å². The lowest BCUT2D eigenvalue weighted by molar-refractivity contribution is -0.384. The molecule has 0 fully saturated rings. The van der Waals surface area contributed by atoms with Gasteiger partial charge in [-0.3, -0.25) is 20.2 Å². The van der Waals surface area contributed by atoms with Crippen LogP contribution in [0.4, 0.5) is 11.4 Å². The third-order valence-electron chi connectivity index (χ3n) is 2.74. The van der Waals surface area contributed by atoms with Crippen LogP contribution in [0.2, 0.25) is 5.02 Å². The van der Waals surface area contributed by atoms with Crippen molar-refractivity contribution in [2.45, 2.75) is 0 Å². The zero-order valence-corrected chi connectivity index (χ0v) is 15.1. The van der Waals surface area contributed by atoms with Crippen molar-refractivity contribution >= 4 is 68.8 Å². The first-order chi connectivity index (χ1) is 10.9. The zero-order valence-electron chi connectivity index (χ0n) is 11.4. The highest BCUT2D eigenvalue weighted by Gasteiger charge is 2.15. The van der Waals surface area contributed by atoms with E-state index in [2.05, 4.69) is 33.2 Å². The number of anilines is 1. The van der Waals surface area contributed by atoms with Crippen molar-refractivity contribution in [2.24, 2.45) is 0 Å². The summed E-state index contributed by atoms with van der Waals surface area (Å²) in [5.41, 5.74) is 0.640. The van der Waals surface area contributed by atoms with Gasteiger partial charge in [-0.1, -0.05) is 11.6 Å². The van der Waals surface area contributed by atoms with Gasteiger partial charge in [0, 0.05) is 21.4 Å². The molecule has 0 aromatic heterocycles. The van der Waals surface area contributed by atoms with E-state index in [4.69, 9.17) is 23.8 Å². The van der Waals surface area contributed by atoms with Crippen molar-refractivity contribution in [2.75, 3.05) is 5.32 Å². The lowest BCUT2D eigenvalue weighted by Gasteiger charge is -2.10. The van der Waals surface area contributed by atoms with Gasteiger partial charge in [-0.25, -0.2) is 0 Å². The summed E-state index contributed by atoms with van der Waals surface area (Å²) < 4.78 is 1.07. The summed E-state index contributed by atoms with van der Waals surface area (Å²) in [6.45, 7) is 0. The quantitative estimate of drug-likeness (QED) is 0.313. The number of carbonyl (C=O) groups excluding carboxylic acids is 1. The highest BCUT2D eigenvalue weighted by molar-refractivity contribution is 14.1. The van der Waals surface area contributed by atoms with E-state index in [1.165, 1.54) is 12.1 Å². The van der Waals surface area contributed by atoms with E-state index in [1.54, 1.807) is 0 Å². The van der Waals surface area contributed by atoms with Gasteiger partial charge in [0.2, 0.25) is 0 Å². The number of carbonyl (C=O) groups is 1. The summed E-state index contributed by atoms with van der Waals surface area (Å²) >= 11 is 13.1. The Morgan fingerprint density at radius 1 is 1.22 bits per heavy atom. The molecule has 0 saturated heterocycles. The number of benzene rings is 2. The Labute approximate surface area is 155 Å². The molecule has 0 aliphatic heterocycles. The molecule has 23 heavy (non-hydrogen) atoms. The molecule has 0 unspecified atom stereocenters. The molecule has 0 saturated carbocycles. The first-order valence-electron chi connectivity index (χ1n) is 6.18. The minimum absolute atomic E-state index is 0.0197. The minimum atomic E-state index is -0.587. The standard InChI is InChI=1S/C14H9ClIN3O3S/c15-12-7-10(19(21)22)5-6-11(12)13(20)18-14(23)17-9-3-1-8(16)2-4-9/h1-7H,(H2,17,18,20,23). The summed E-state index contributed by atoms with van der Waals surface area (Å²) in [6.07, 6.45) is 0. The smallest absolute Gasteiger partial charge is 0.270 e. The number of hydrogen-bond donors (Lipinski definition) is 2. The number of rotatable bonds is 3. The fourth-order valence-electron chi connectivity index (χ4n) is 1.67. The van der Waals surface area contributed by atoms with E-state index in [0.717, 1.165) is 15.3 Å². The van der Waals surface area contributed by atoms with Crippen LogP contribution in [0, 0.1) is 13.7 Å². The number of nitrogens with zero attached hydrogens (tertiary/aromatic N) is 1. The Bertz CT molecular complexity index is 783. The lowest BCUT2D eigenvalue weighted by Crippen LogP contribution is -2.34. The Hall–Kier alpha value is -1.78. The van der Waals surface area contributed by atoms with Crippen LogP contribution in [0.1, 0.15) is 10.4 Å². The van der Waals surface area contributed by atoms with Gasteiger partial charge in [0.15, 0.2) is 5.11 Å². The van der Waals surface area contributed by atoms with Crippen LogP contribution in [0.25, 0.3) is 0 Å². The second-order valence-electron chi connectivity index (χ2n) is 4.34. The van der Waals surface area contributed by atoms with Crippen LogP contribution in [0.5, 0.6) is 0 Å². The monoisotopic (exact) mass is 461 g/mol. The van der Waals surface area contributed by atoms with E-state index in [1.807, 2.05) is 24.3 Å². The zero-order chi connectivity index (χ0) is 17.0. The average Bonchev–Trinajstić information content (AvgIpc) is 2.49. The molecule has 2 aromatic carbocycles. The summed E-state index contributed by atoms with van der Waals surface area (Å²) in [5.74, 6) is -0.548. The Balaban J connectivity index is 2.05. The van der Waals surface area contributed by atoms with Crippen molar-refractivity contribution in [3.8, 4) is 0 Å². The van der Waals surface area contributed by atoms with Crippen molar-refractivity contribution < 1.29 is 9.72 Å². The minimum Gasteiger partial charge on any atom is -0.332 e. The van der Waals surface area contributed by atoms with E-state index in [0.29, 0.717) is 0 Å². The summed E-state index contributed by atoms with van der Waals surface area (Å²) in [7, 11) is 0. The maximum Gasteiger partial charge on any atom is 0.270 e. The number of nitro benzene ring substituents is 1. The number of amides is 1. The van der Waals surface area contributed by atoms with Crippen LogP contribution in [-0.2, 0) is 0 Å². The van der Waals surface area contributed by atoms with E-state index >= 15 is 0 Å². The topological polar surface area (TPSA) is 84.3 Å². The highest BCUT2D eigenvalue weighted by Crippen LogP contribution is 2.22. The fraction of sp³-hybridized carbons (Fsp3) is 0. The second-order valence-corrected chi connectivity index (χ2v) is 6.40. The average molecular weight is 462 g/mol. The number of nitro groups is 1. The number of halogens is 2. The fourth-order valence-corrected chi connectivity index (χ4v) is 2.50. The molecule has 118 valence electrons. The summed E-state index contributed by atoms with van der Waals surface area (Å²) in [5, 5.41) is 16.1. The molecule has 0 radical (unpaired) electrons. The Morgan fingerprint density at radius 3 is 2.43 bits per heavy atom. The lowest BCUT2D eigenvalue weighted by atomic mass is 10.2. The van der Waals surface area contributed by atoms with Gasteiger partial charge in [-0.15, -0.1) is 0 Å². The molecular weight excluding hydrogens is 453 g/mol. The van der Waals surface area contributed by atoms with E-state index in [9.17, 15) is 14.9 Å². The number of hydrogen-bond acceptors (Lipinski definition) is 4. The van der Waals surface area contributed by atoms with Crippen LogP contribution in [0.15, 0.2) is 42.5 Å². The van der Waals surface area contributed by atoms with E-state index < -0.39 is 10.8 Å². The molecule has 2 aromatic rings. The molecule has 1 amide bonds. The molecule has 0 spiro atoms. The molecule has 6 nitrogen and oxygen atoms in total. The largest absolute Gasteiger partial charge is 0.332 e. The summed E-state index contributed by atoms with van der Waals surface area (Å²) in [6, 6.07) is 11.0. The molecule has 0 aliphatic rings. The second kappa shape index (κ2) is 7.66.